The molecule has 1 fully saturated rings. The summed E-state index contributed by atoms with van der Waals surface area (Å²) in [5, 5.41) is 0. The van der Waals surface area contributed by atoms with Crippen LogP contribution in [0.2, 0.25) is 0 Å². The van der Waals surface area contributed by atoms with E-state index in [4.69, 9.17) is 4.74 Å². The Kier molecular flexibility index (Phi) is 4.74. The van der Waals surface area contributed by atoms with Crippen molar-refractivity contribution in [2.45, 2.75) is 38.1 Å². The van der Waals surface area contributed by atoms with Crippen molar-refractivity contribution in [2.24, 2.45) is 0 Å². The minimum Gasteiger partial charge on any atom is -0.377 e. The molecule has 0 unspecified atom stereocenters. The zero-order chi connectivity index (χ0) is 19.9. The molecule has 0 aliphatic carbocycles. The van der Waals surface area contributed by atoms with Crippen molar-refractivity contribution in [2.75, 3.05) is 29.6 Å². The van der Waals surface area contributed by atoms with E-state index in [0.29, 0.717) is 25.6 Å². The van der Waals surface area contributed by atoms with Crippen molar-refractivity contribution in [1.29, 1.82) is 0 Å². The van der Waals surface area contributed by atoms with Gasteiger partial charge in [-0.25, -0.2) is 0 Å². The van der Waals surface area contributed by atoms with Gasteiger partial charge in [-0.15, -0.1) is 0 Å². The van der Waals surface area contributed by atoms with Crippen LogP contribution in [0.25, 0.3) is 0 Å². The molecular weight excluding hydrogens is 375 g/mol. The highest BCUT2D eigenvalue weighted by Gasteiger charge is 2.47. The molecule has 0 spiro atoms. The van der Waals surface area contributed by atoms with E-state index < -0.39 is 12.2 Å². The van der Waals surface area contributed by atoms with Crippen molar-refractivity contribution >= 4 is 17.5 Å². The van der Waals surface area contributed by atoms with Gasteiger partial charge in [-0.2, -0.15) is 18.2 Å². The molecule has 0 aromatic carbocycles. The SMILES string of the molecule is C[C@@H]1COCCN1c1cc(=O)n2c(n1)N(c1cccnc1)[C@H](C(F)(F)F)CC2. The van der Waals surface area contributed by atoms with Crippen molar-refractivity contribution in [3.05, 3.63) is 40.9 Å². The predicted octanol–water partition coefficient (Wildman–Crippen LogP) is 2.34. The van der Waals surface area contributed by atoms with E-state index in [1.807, 2.05) is 11.8 Å². The molecule has 2 atom stereocenters. The number of morpholine rings is 1. The summed E-state index contributed by atoms with van der Waals surface area (Å²) in [5.41, 5.74) is -0.120. The average molecular weight is 395 g/mol. The summed E-state index contributed by atoms with van der Waals surface area (Å²) in [6.07, 6.45) is -1.87. The Bertz CT molecular complexity index is 902. The Balaban J connectivity index is 1.86. The number of aromatic nitrogens is 3. The van der Waals surface area contributed by atoms with Crippen molar-refractivity contribution in [1.82, 2.24) is 14.5 Å². The molecule has 2 aliphatic rings. The second-order valence-electron chi connectivity index (χ2n) is 6.95. The highest BCUT2D eigenvalue weighted by Crippen LogP contribution is 2.39. The fraction of sp³-hybridized carbons (Fsp3) is 0.500. The Morgan fingerprint density at radius 2 is 2.11 bits per heavy atom. The second-order valence-corrected chi connectivity index (χ2v) is 6.95. The lowest BCUT2D eigenvalue weighted by molar-refractivity contribution is -0.150. The number of nitrogens with zero attached hydrogens (tertiary/aromatic N) is 5. The van der Waals surface area contributed by atoms with Gasteiger partial charge in [0.2, 0.25) is 5.95 Å². The van der Waals surface area contributed by atoms with Crippen LogP contribution in [0.15, 0.2) is 35.4 Å². The third-order valence-corrected chi connectivity index (χ3v) is 5.09. The van der Waals surface area contributed by atoms with Gasteiger partial charge in [0.15, 0.2) is 0 Å². The number of hydrogen-bond acceptors (Lipinski definition) is 6. The maximum Gasteiger partial charge on any atom is 0.409 e. The zero-order valence-electron chi connectivity index (χ0n) is 15.3. The second kappa shape index (κ2) is 7.08. The highest BCUT2D eigenvalue weighted by atomic mass is 19.4. The summed E-state index contributed by atoms with van der Waals surface area (Å²) in [6.45, 7) is 3.35. The Labute approximate surface area is 159 Å². The van der Waals surface area contributed by atoms with E-state index in [1.54, 1.807) is 6.07 Å². The molecule has 2 aromatic heterocycles. The maximum absolute atomic E-state index is 13.8. The molecule has 4 heterocycles. The van der Waals surface area contributed by atoms with Crippen LogP contribution in [0.3, 0.4) is 0 Å². The molecule has 0 radical (unpaired) electrons. The van der Waals surface area contributed by atoms with E-state index in [1.165, 1.54) is 29.1 Å². The molecule has 150 valence electrons. The van der Waals surface area contributed by atoms with Gasteiger partial charge in [0.1, 0.15) is 11.9 Å². The first kappa shape index (κ1) is 18.7. The van der Waals surface area contributed by atoms with E-state index in [9.17, 15) is 18.0 Å². The molecule has 28 heavy (non-hydrogen) atoms. The standard InChI is InChI=1S/C18H20F3N5O2/c1-12-11-28-8-7-24(12)15-9-16(27)25-6-4-14(18(19,20)21)26(17(25)23-15)13-3-2-5-22-10-13/h2-3,5,9-10,12,14H,4,6-8,11H2,1H3/t12-,14+/m1/s1. The van der Waals surface area contributed by atoms with Crippen molar-refractivity contribution in [3.8, 4) is 0 Å². The largest absolute Gasteiger partial charge is 0.409 e. The smallest absolute Gasteiger partial charge is 0.377 e. The number of halogens is 3. The van der Waals surface area contributed by atoms with Gasteiger partial charge in [0.05, 0.1) is 31.1 Å². The van der Waals surface area contributed by atoms with Gasteiger partial charge in [-0.3, -0.25) is 19.2 Å². The fourth-order valence-electron chi connectivity index (χ4n) is 3.71. The molecule has 2 aromatic rings. The third-order valence-electron chi connectivity index (χ3n) is 5.09. The molecule has 0 amide bonds. The summed E-state index contributed by atoms with van der Waals surface area (Å²) in [6, 6.07) is 2.69. The van der Waals surface area contributed by atoms with Gasteiger partial charge < -0.3 is 9.64 Å². The normalized spacial score (nSPS) is 22.9. The number of rotatable bonds is 2. The summed E-state index contributed by atoms with van der Waals surface area (Å²) >= 11 is 0. The van der Waals surface area contributed by atoms with E-state index in [2.05, 4.69) is 9.97 Å². The summed E-state index contributed by atoms with van der Waals surface area (Å²) in [4.78, 5) is 24.1. The number of ether oxygens (including phenoxy) is 1. The molecule has 0 N–H and O–H groups in total. The monoisotopic (exact) mass is 395 g/mol. The number of alkyl halides is 3. The zero-order valence-corrected chi connectivity index (χ0v) is 15.3. The Morgan fingerprint density at radius 1 is 1.29 bits per heavy atom. The van der Waals surface area contributed by atoms with Crippen LogP contribution in [0.4, 0.5) is 30.6 Å². The lowest BCUT2D eigenvalue weighted by Gasteiger charge is -2.40. The third kappa shape index (κ3) is 3.32. The summed E-state index contributed by atoms with van der Waals surface area (Å²) in [7, 11) is 0. The minimum atomic E-state index is -4.47. The van der Waals surface area contributed by atoms with Gasteiger partial charge in [0, 0.05) is 25.4 Å². The molecule has 4 rings (SSSR count). The van der Waals surface area contributed by atoms with Crippen LogP contribution in [0.1, 0.15) is 13.3 Å². The van der Waals surface area contributed by atoms with Crippen molar-refractivity contribution < 1.29 is 17.9 Å². The molecule has 0 saturated carbocycles. The Morgan fingerprint density at radius 3 is 2.79 bits per heavy atom. The maximum atomic E-state index is 13.8. The predicted molar refractivity (Wildman–Crippen MR) is 97.0 cm³/mol. The summed E-state index contributed by atoms with van der Waals surface area (Å²) in [5.74, 6) is 0.353. The topological polar surface area (TPSA) is 63.5 Å². The number of hydrogen-bond donors (Lipinski definition) is 0. The lowest BCUT2D eigenvalue weighted by atomic mass is 10.1. The van der Waals surface area contributed by atoms with Crippen LogP contribution in [-0.4, -0.2) is 52.6 Å². The van der Waals surface area contributed by atoms with Crippen LogP contribution in [0.5, 0.6) is 0 Å². The summed E-state index contributed by atoms with van der Waals surface area (Å²) < 4.78 is 48.1. The van der Waals surface area contributed by atoms with Crippen LogP contribution in [-0.2, 0) is 11.3 Å². The molecule has 1 saturated heterocycles. The van der Waals surface area contributed by atoms with E-state index >= 15 is 0 Å². The molecule has 2 aliphatic heterocycles. The number of fused-ring (bicyclic) bond motifs is 1. The van der Waals surface area contributed by atoms with Crippen LogP contribution in [0, 0.1) is 0 Å². The first-order valence-corrected chi connectivity index (χ1v) is 9.08. The van der Waals surface area contributed by atoms with E-state index in [-0.39, 0.29) is 36.2 Å². The van der Waals surface area contributed by atoms with Crippen LogP contribution < -0.4 is 15.4 Å². The van der Waals surface area contributed by atoms with Crippen LogP contribution >= 0.6 is 0 Å². The van der Waals surface area contributed by atoms with Gasteiger partial charge in [-0.05, 0) is 25.5 Å². The average Bonchev–Trinajstić information content (AvgIpc) is 2.67. The van der Waals surface area contributed by atoms with Gasteiger partial charge in [0.25, 0.3) is 5.56 Å². The molecule has 0 bridgehead atoms. The number of anilines is 3. The molecular formula is C18H20F3N5O2. The fourth-order valence-corrected chi connectivity index (χ4v) is 3.71. The quantitative estimate of drug-likeness (QED) is 0.778. The minimum absolute atomic E-state index is 0.0113. The van der Waals surface area contributed by atoms with Gasteiger partial charge >= 0.3 is 6.18 Å². The number of pyridine rings is 1. The lowest BCUT2D eigenvalue weighted by Crippen LogP contribution is -2.51. The first-order chi connectivity index (χ1) is 13.4. The van der Waals surface area contributed by atoms with Gasteiger partial charge in [-0.1, -0.05) is 0 Å². The Hall–Kier alpha value is -2.62. The van der Waals surface area contributed by atoms with Crippen molar-refractivity contribution in [3.63, 3.8) is 0 Å². The highest BCUT2D eigenvalue weighted by molar-refractivity contribution is 5.60. The first-order valence-electron chi connectivity index (χ1n) is 9.08. The molecule has 7 nitrogen and oxygen atoms in total. The molecule has 10 heteroatoms. The van der Waals surface area contributed by atoms with E-state index in [0.717, 1.165) is 4.90 Å².